The number of halogens is 1. The van der Waals surface area contributed by atoms with Crippen molar-refractivity contribution in [3.8, 4) is 12.3 Å². The molecule has 0 bridgehead atoms. The number of terminal acetylenes is 1. The second kappa shape index (κ2) is 21.6. The van der Waals surface area contributed by atoms with E-state index in [4.69, 9.17) is 26.2 Å². The molecule has 3 atom stereocenters. The third-order valence-corrected chi connectivity index (χ3v) is 9.55. The van der Waals surface area contributed by atoms with Crippen LogP contribution in [0.2, 0.25) is 0 Å². The molecule has 2 aromatic heterocycles. The fourth-order valence-electron chi connectivity index (χ4n) is 5.63. The number of carbonyl (C=O) groups excluding carboxylic acids is 1. The zero-order valence-electron chi connectivity index (χ0n) is 29.2. The molecule has 0 spiro atoms. The monoisotopic (exact) mass is 699 g/mol. The summed E-state index contributed by atoms with van der Waals surface area (Å²) in [6.07, 6.45) is 19.5. The van der Waals surface area contributed by atoms with E-state index < -0.39 is 31.9 Å². The topological polar surface area (TPSA) is 143 Å². The van der Waals surface area contributed by atoms with E-state index >= 15 is 0 Å². The van der Waals surface area contributed by atoms with Crippen LogP contribution in [0.3, 0.4) is 0 Å². The summed E-state index contributed by atoms with van der Waals surface area (Å²) in [6, 6.07) is 8.59. The lowest BCUT2D eigenvalue weighted by Gasteiger charge is -2.24. The first-order valence-corrected chi connectivity index (χ1v) is 18.7. The molecule has 0 saturated carbocycles. The summed E-state index contributed by atoms with van der Waals surface area (Å²) in [6.45, 7) is 4.36. The number of fused-ring (bicyclic) bond motifs is 1. The average molecular weight is 700 g/mol. The van der Waals surface area contributed by atoms with Crippen molar-refractivity contribution in [2.45, 2.75) is 128 Å². The van der Waals surface area contributed by atoms with E-state index in [0.29, 0.717) is 0 Å². The van der Waals surface area contributed by atoms with Gasteiger partial charge >= 0.3 is 20.2 Å². The number of imidazole rings is 1. The maximum Gasteiger partial charge on any atom is 0.614 e. The van der Waals surface area contributed by atoms with Gasteiger partial charge < -0.3 is 19.8 Å². The number of methoxy groups -OCH3 is 1. The highest BCUT2D eigenvalue weighted by atomic mass is 31.1. The predicted molar refractivity (Wildman–Crippen MR) is 190 cm³/mol. The van der Waals surface area contributed by atoms with E-state index in [1.807, 2.05) is 30.3 Å². The fraction of sp³-hybridized carbons (Fsp3) is 0.611. The van der Waals surface area contributed by atoms with E-state index in [1.165, 1.54) is 52.0 Å². The minimum Gasteiger partial charge on any atom is -0.461 e. The van der Waals surface area contributed by atoms with E-state index in [-0.39, 0.29) is 49.1 Å². The van der Waals surface area contributed by atoms with E-state index in [0.717, 1.165) is 44.1 Å². The number of hydrogen-bond acceptors (Lipinski definition) is 9. The van der Waals surface area contributed by atoms with Crippen LogP contribution in [0.15, 0.2) is 36.7 Å². The first kappa shape index (κ1) is 39.9. The quantitative estimate of drug-likeness (QED) is 0.0301. The van der Waals surface area contributed by atoms with Crippen molar-refractivity contribution in [3.63, 3.8) is 0 Å². The number of anilines is 1. The number of unbranched alkanes of at least 4 members (excludes halogenated alkanes) is 8. The minimum absolute atomic E-state index is 0.0727. The molecule has 0 aliphatic rings. The van der Waals surface area contributed by atoms with Crippen LogP contribution in [0.1, 0.15) is 103 Å². The summed E-state index contributed by atoms with van der Waals surface area (Å²) < 4.78 is 46.2. The molecule has 3 aromatic rings. The first-order valence-electron chi connectivity index (χ1n) is 17.5. The number of ether oxygens (including phenoxy) is 2. The number of nitrogen functional groups attached to an aromatic ring is 1. The van der Waals surface area contributed by atoms with E-state index in [1.54, 1.807) is 4.57 Å². The summed E-state index contributed by atoms with van der Waals surface area (Å²) in [4.78, 5) is 25.2. The van der Waals surface area contributed by atoms with Gasteiger partial charge in [0.25, 0.3) is 0 Å². The van der Waals surface area contributed by atoms with Gasteiger partial charge in [-0.15, -0.1) is 10.9 Å². The van der Waals surface area contributed by atoms with Gasteiger partial charge in [-0.3, -0.25) is 4.79 Å². The number of esters is 1. The Morgan fingerprint density at radius 3 is 2.33 bits per heavy atom. The van der Waals surface area contributed by atoms with Crippen LogP contribution in [0.4, 0.5) is 10.2 Å². The molecule has 2 heterocycles. The molecule has 0 saturated heterocycles. The van der Waals surface area contributed by atoms with Crippen molar-refractivity contribution < 1.29 is 27.7 Å². The molecule has 11 nitrogen and oxygen atoms in total. The molecule has 3 rings (SSSR count). The first-order chi connectivity index (χ1) is 23.7. The smallest absolute Gasteiger partial charge is 0.461 e. The number of aromatic nitrogens is 4. The lowest BCUT2D eigenvalue weighted by Crippen LogP contribution is -2.40. The number of carbonyl (C=O) groups is 1. The molecule has 0 aliphatic heterocycles. The summed E-state index contributed by atoms with van der Waals surface area (Å²) >= 11 is 0. The van der Waals surface area contributed by atoms with Gasteiger partial charge in [0.05, 0.1) is 6.33 Å². The van der Waals surface area contributed by atoms with Gasteiger partial charge in [0.15, 0.2) is 23.1 Å². The highest BCUT2D eigenvalue weighted by Crippen LogP contribution is 2.27. The van der Waals surface area contributed by atoms with Crippen molar-refractivity contribution in [2.24, 2.45) is 0 Å². The van der Waals surface area contributed by atoms with E-state index in [9.17, 15) is 13.8 Å². The lowest BCUT2D eigenvalue weighted by molar-refractivity contribution is -0.152. The van der Waals surface area contributed by atoms with Crippen LogP contribution < -0.4 is 10.8 Å². The van der Waals surface area contributed by atoms with Crippen LogP contribution >= 0.6 is 8.18 Å². The predicted octanol–water partition coefficient (Wildman–Crippen LogP) is 7.46. The molecule has 1 aromatic carbocycles. The normalized spacial score (nSPS) is 13.7. The lowest BCUT2D eigenvalue weighted by atomic mass is 10.0. The van der Waals surface area contributed by atoms with Crippen LogP contribution in [-0.2, 0) is 36.3 Å². The van der Waals surface area contributed by atoms with Crippen LogP contribution in [0, 0.1) is 18.4 Å². The van der Waals surface area contributed by atoms with Gasteiger partial charge in [0, 0.05) is 26.5 Å². The van der Waals surface area contributed by atoms with Gasteiger partial charge in [0.2, 0.25) is 0 Å². The zero-order valence-corrected chi connectivity index (χ0v) is 30.1. The molecule has 3 N–H and O–H groups in total. The second-order valence-corrected chi connectivity index (χ2v) is 13.5. The highest BCUT2D eigenvalue weighted by molar-refractivity contribution is 7.36. The van der Waals surface area contributed by atoms with Gasteiger partial charge in [0.1, 0.15) is 18.2 Å². The number of rotatable bonds is 25. The molecule has 1 unspecified atom stereocenters. The van der Waals surface area contributed by atoms with E-state index in [2.05, 4.69) is 39.8 Å². The molecule has 49 heavy (non-hydrogen) atoms. The standard InChI is InChI=1S/C36H53FN6O5P/c1-5-8-10-12-17-21-29(22-18-13-11-9-6-2)48-34(44)30(25-28-19-15-14-16-20-28)42-49(45)47-26-36(7-3,46-4)23-24-43-27-39-31-32(38)40-35(37)41-33(31)43/h3,14-16,19-20,27,29-30H,5-6,8-13,17-18,21-26H2,1-2,4H3,(H,42,45)(H2,38,40,41)/q+1/t30-,36-/m0/s1. The molecular formula is C36H53FN6O5P+. The molecular weight excluding hydrogens is 646 g/mol. The van der Waals surface area contributed by atoms with Gasteiger partial charge in [-0.2, -0.15) is 14.4 Å². The van der Waals surface area contributed by atoms with Crippen LogP contribution in [-0.4, -0.2) is 57.0 Å². The zero-order chi connectivity index (χ0) is 35.5. The number of nitrogens with zero attached hydrogens (tertiary/aromatic N) is 4. The van der Waals surface area contributed by atoms with Crippen molar-refractivity contribution in [1.82, 2.24) is 24.6 Å². The van der Waals surface area contributed by atoms with Crippen LogP contribution in [0.5, 0.6) is 0 Å². The highest BCUT2D eigenvalue weighted by Gasteiger charge is 2.37. The number of aryl methyl sites for hydroxylation is 1. The van der Waals surface area contributed by atoms with Gasteiger partial charge in [-0.25, -0.2) is 4.98 Å². The Kier molecular flexibility index (Phi) is 17.6. The van der Waals surface area contributed by atoms with Crippen molar-refractivity contribution in [1.29, 1.82) is 0 Å². The summed E-state index contributed by atoms with van der Waals surface area (Å²) in [5.41, 5.74) is 5.85. The largest absolute Gasteiger partial charge is 0.614 e. The SMILES string of the molecule is C#C[C@](CCn1cnc2c(N)nc(F)nc21)(CO[P+](=O)N[C@@H](Cc1ccccc1)C(=O)OC(CCCCCCC)CCCCCCC)OC. The summed E-state index contributed by atoms with van der Waals surface area (Å²) in [5, 5.41) is 2.87. The van der Waals surface area contributed by atoms with Crippen LogP contribution in [0.25, 0.3) is 11.2 Å². The maximum absolute atomic E-state index is 13.8. The third kappa shape index (κ3) is 13.4. The average Bonchev–Trinajstić information content (AvgIpc) is 3.51. The summed E-state index contributed by atoms with van der Waals surface area (Å²) in [7, 11) is -1.13. The van der Waals surface area contributed by atoms with Gasteiger partial charge in [-0.1, -0.05) is 107 Å². The fourth-order valence-corrected chi connectivity index (χ4v) is 6.48. The second-order valence-electron chi connectivity index (χ2n) is 12.4. The molecule has 0 fully saturated rings. The van der Waals surface area contributed by atoms with Crippen molar-refractivity contribution >= 4 is 31.1 Å². The molecule has 13 heteroatoms. The Bertz CT molecular complexity index is 1470. The van der Waals surface area contributed by atoms with Crippen molar-refractivity contribution in [3.05, 3.63) is 48.3 Å². The number of nitrogens with one attached hydrogen (secondary N) is 1. The Balaban J connectivity index is 1.66. The molecule has 268 valence electrons. The van der Waals surface area contributed by atoms with Crippen molar-refractivity contribution in [2.75, 3.05) is 19.5 Å². The minimum atomic E-state index is -2.56. The number of benzene rings is 1. The maximum atomic E-state index is 13.8. The molecule has 0 radical (unpaired) electrons. The number of hydrogen-bond donors (Lipinski definition) is 2. The third-order valence-electron chi connectivity index (χ3n) is 8.66. The summed E-state index contributed by atoms with van der Waals surface area (Å²) in [5.74, 6) is 2.07. The molecule has 0 amide bonds. The molecule has 0 aliphatic carbocycles. The number of nitrogens with two attached hydrogens (primary N) is 1. The Labute approximate surface area is 291 Å². The Morgan fingerprint density at radius 2 is 1.71 bits per heavy atom. The Morgan fingerprint density at radius 1 is 1.06 bits per heavy atom. The Hall–Kier alpha value is -3.49. The van der Waals surface area contributed by atoms with Gasteiger partial charge in [-0.05, 0) is 35.8 Å².